The third-order valence-corrected chi connectivity index (χ3v) is 5.30. The van der Waals surface area contributed by atoms with Crippen molar-refractivity contribution in [3.63, 3.8) is 0 Å². The highest BCUT2D eigenvalue weighted by atomic mass is 16.4. The molecule has 0 aromatic heterocycles. The normalized spacial score (nSPS) is 11.3. The number of aryl methyl sites for hydroxylation is 2. The molecule has 0 aliphatic carbocycles. The SMILES string of the molecule is Cc1cc2nc3c(=O)[nH]c(=O)nc-3n(CCNCc3ccccc3C(=O)O)c2cc1C. The van der Waals surface area contributed by atoms with Crippen molar-refractivity contribution in [2.24, 2.45) is 0 Å². The van der Waals surface area contributed by atoms with E-state index < -0.39 is 17.2 Å². The van der Waals surface area contributed by atoms with Crippen LogP contribution in [0.15, 0.2) is 46.0 Å². The Bertz CT molecular complexity index is 1390. The first-order valence-corrected chi connectivity index (χ1v) is 9.79. The number of benzene rings is 2. The van der Waals surface area contributed by atoms with Crippen molar-refractivity contribution in [3.8, 4) is 11.5 Å². The number of carbonyl (C=O) groups is 1. The molecule has 0 spiro atoms. The molecule has 4 rings (SSSR count). The average molecular weight is 419 g/mol. The number of nitrogens with zero attached hydrogens (tertiary/aromatic N) is 3. The van der Waals surface area contributed by atoms with Gasteiger partial charge in [0.15, 0.2) is 11.5 Å². The van der Waals surface area contributed by atoms with Gasteiger partial charge in [0, 0.05) is 19.6 Å². The molecule has 9 nitrogen and oxygen atoms in total. The van der Waals surface area contributed by atoms with E-state index in [1.165, 1.54) is 0 Å². The van der Waals surface area contributed by atoms with Crippen LogP contribution in [0, 0.1) is 13.8 Å². The Morgan fingerprint density at radius 1 is 1.13 bits per heavy atom. The maximum atomic E-state index is 12.3. The van der Waals surface area contributed by atoms with E-state index in [4.69, 9.17) is 0 Å². The van der Waals surface area contributed by atoms with Gasteiger partial charge >= 0.3 is 11.7 Å². The molecular weight excluding hydrogens is 398 g/mol. The summed E-state index contributed by atoms with van der Waals surface area (Å²) in [5.41, 5.74) is 3.22. The summed E-state index contributed by atoms with van der Waals surface area (Å²) in [4.78, 5) is 46.2. The Morgan fingerprint density at radius 3 is 2.65 bits per heavy atom. The molecule has 2 aromatic carbocycles. The van der Waals surface area contributed by atoms with Gasteiger partial charge in [0.25, 0.3) is 5.56 Å². The lowest BCUT2D eigenvalue weighted by Gasteiger charge is -2.18. The van der Waals surface area contributed by atoms with Crippen LogP contribution in [-0.4, -0.2) is 37.1 Å². The largest absolute Gasteiger partial charge is 0.478 e. The van der Waals surface area contributed by atoms with Gasteiger partial charge < -0.3 is 15.0 Å². The summed E-state index contributed by atoms with van der Waals surface area (Å²) in [7, 11) is 0. The van der Waals surface area contributed by atoms with E-state index in [1.807, 2.05) is 26.0 Å². The molecule has 0 atom stereocenters. The van der Waals surface area contributed by atoms with Crippen molar-refractivity contribution in [2.45, 2.75) is 26.9 Å². The lowest BCUT2D eigenvalue weighted by Crippen LogP contribution is -2.30. The fraction of sp³-hybridized carbons (Fsp3) is 0.227. The first-order chi connectivity index (χ1) is 14.8. The van der Waals surface area contributed by atoms with Crippen LogP contribution in [0.3, 0.4) is 0 Å². The van der Waals surface area contributed by atoms with Crippen molar-refractivity contribution in [1.29, 1.82) is 0 Å². The third kappa shape index (κ3) is 3.95. The third-order valence-electron chi connectivity index (χ3n) is 5.30. The van der Waals surface area contributed by atoms with Crippen molar-refractivity contribution < 1.29 is 9.90 Å². The van der Waals surface area contributed by atoms with Crippen molar-refractivity contribution in [1.82, 2.24) is 24.8 Å². The summed E-state index contributed by atoms with van der Waals surface area (Å²) in [6, 6.07) is 10.7. The Morgan fingerprint density at radius 2 is 1.87 bits per heavy atom. The molecule has 158 valence electrons. The summed E-state index contributed by atoms with van der Waals surface area (Å²) in [5, 5.41) is 12.6. The topological polar surface area (TPSA) is 130 Å². The lowest BCUT2D eigenvalue weighted by molar-refractivity contribution is 0.0695. The molecule has 9 heteroatoms. The fourth-order valence-corrected chi connectivity index (χ4v) is 3.57. The van der Waals surface area contributed by atoms with Gasteiger partial charge in [0.2, 0.25) is 0 Å². The van der Waals surface area contributed by atoms with Crippen LogP contribution in [-0.2, 0) is 13.1 Å². The summed E-state index contributed by atoms with van der Waals surface area (Å²) in [6.07, 6.45) is 0. The molecule has 0 amide bonds. The molecule has 2 aliphatic heterocycles. The van der Waals surface area contributed by atoms with Crippen LogP contribution in [0.5, 0.6) is 0 Å². The molecule has 2 aliphatic rings. The molecule has 31 heavy (non-hydrogen) atoms. The van der Waals surface area contributed by atoms with Crippen LogP contribution in [0.2, 0.25) is 0 Å². The molecule has 0 fully saturated rings. The Kier molecular flexibility index (Phi) is 5.35. The molecule has 0 unspecified atom stereocenters. The molecule has 2 aromatic rings. The summed E-state index contributed by atoms with van der Waals surface area (Å²) < 4.78 is 1.80. The molecular formula is C22H21N5O4. The van der Waals surface area contributed by atoms with Gasteiger partial charge in [0.05, 0.1) is 16.6 Å². The monoisotopic (exact) mass is 419 g/mol. The minimum Gasteiger partial charge on any atom is -0.478 e. The molecule has 3 N–H and O–H groups in total. The van der Waals surface area contributed by atoms with Crippen LogP contribution in [0.1, 0.15) is 27.0 Å². The first kappa shape index (κ1) is 20.4. The minimum absolute atomic E-state index is 0.103. The van der Waals surface area contributed by atoms with Crippen LogP contribution < -0.4 is 16.6 Å². The van der Waals surface area contributed by atoms with E-state index in [-0.39, 0.29) is 17.1 Å². The number of aromatic nitrogens is 4. The quantitative estimate of drug-likeness (QED) is 0.320. The van der Waals surface area contributed by atoms with Gasteiger partial charge in [-0.3, -0.25) is 9.78 Å². The molecule has 0 saturated carbocycles. The van der Waals surface area contributed by atoms with E-state index in [2.05, 4.69) is 20.3 Å². The smallest absolute Gasteiger partial charge is 0.349 e. The lowest BCUT2D eigenvalue weighted by atomic mass is 10.1. The summed E-state index contributed by atoms with van der Waals surface area (Å²) >= 11 is 0. The number of rotatable bonds is 6. The number of aromatic amines is 1. The Balaban J connectivity index is 1.69. The first-order valence-electron chi connectivity index (χ1n) is 9.79. The maximum absolute atomic E-state index is 12.3. The Labute approximate surface area is 176 Å². The van der Waals surface area contributed by atoms with Crippen LogP contribution >= 0.6 is 0 Å². The zero-order valence-corrected chi connectivity index (χ0v) is 17.1. The highest BCUT2D eigenvalue weighted by molar-refractivity contribution is 5.89. The van der Waals surface area contributed by atoms with E-state index in [0.717, 1.165) is 16.6 Å². The van der Waals surface area contributed by atoms with Gasteiger partial charge in [0.1, 0.15) is 0 Å². The number of nitrogens with one attached hydrogen (secondary N) is 2. The van der Waals surface area contributed by atoms with E-state index in [1.54, 1.807) is 28.8 Å². The highest BCUT2D eigenvalue weighted by Crippen LogP contribution is 2.23. The van der Waals surface area contributed by atoms with Crippen LogP contribution in [0.25, 0.3) is 22.6 Å². The number of carboxylic acid groups (broad SMARTS) is 1. The molecule has 0 saturated heterocycles. The van der Waals surface area contributed by atoms with Gasteiger partial charge in [-0.2, -0.15) is 4.98 Å². The van der Waals surface area contributed by atoms with E-state index >= 15 is 0 Å². The van der Waals surface area contributed by atoms with Gasteiger partial charge in [-0.15, -0.1) is 0 Å². The number of carboxylic acids is 1. The predicted octanol–water partition coefficient (Wildman–Crippen LogP) is 1.69. The number of H-pyrrole nitrogens is 1. The van der Waals surface area contributed by atoms with Crippen molar-refractivity contribution in [2.75, 3.05) is 6.54 Å². The zero-order chi connectivity index (χ0) is 22.1. The molecule has 0 radical (unpaired) electrons. The second-order valence-corrected chi connectivity index (χ2v) is 7.37. The minimum atomic E-state index is -0.977. The average Bonchev–Trinajstić information content (AvgIpc) is 2.72. The summed E-state index contributed by atoms with van der Waals surface area (Å²) in [6.45, 7) is 5.18. The number of hydrogen-bond donors (Lipinski definition) is 3. The highest BCUT2D eigenvalue weighted by Gasteiger charge is 2.19. The fourth-order valence-electron chi connectivity index (χ4n) is 3.57. The maximum Gasteiger partial charge on any atom is 0.349 e. The second kappa shape index (κ2) is 8.11. The molecule has 0 bridgehead atoms. The predicted molar refractivity (Wildman–Crippen MR) is 116 cm³/mol. The second-order valence-electron chi connectivity index (χ2n) is 7.37. The number of hydrogen-bond acceptors (Lipinski definition) is 6. The van der Waals surface area contributed by atoms with E-state index in [9.17, 15) is 19.5 Å². The van der Waals surface area contributed by atoms with Gasteiger partial charge in [-0.1, -0.05) is 18.2 Å². The summed E-state index contributed by atoms with van der Waals surface area (Å²) in [5.74, 6) is -0.757. The van der Waals surface area contributed by atoms with Crippen molar-refractivity contribution in [3.05, 3.63) is 79.5 Å². The van der Waals surface area contributed by atoms with E-state index in [0.29, 0.717) is 30.7 Å². The standard InChI is InChI=1S/C22H21N5O4/c1-12-9-16-17(10-13(12)2)27(19-18(24-16)20(28)26-22(31)25-19)8-7-23-11-14-5-3-4-6-15(14)21(29)30/h3-6,9-10,23H,7-8,11H2,1-2H3,(H,29,30)(H,26,28,31). The molecule has 2 heterocycles. The van der Waals surface area contributed by atoms with Gasteiger partial charge in [-0.05, 0) is 48.7 Å². The zero-order valence-electron chi connectivity index (χ0n) is 17.1. The number of aromatic carboxylic acids is 1. The van der Waals surface area contributed by atoms with Gasteiger partial charge in [-0.25, -0.2) is 14.6 Å². The Hall–Kier alpha value is -3.85. The number of fused-ring (bicyclic) bond motifs is 2. The van der Waals surface area contributed by atoms with Crippen molar-refractivity contribution >= 4 is 17.0 Å². The van der Waals surface area contributed by atoms with Crippen LogP contribution in [0.4, 0.5) is 0 Å².